The van der Waals surface area contributed by atoms with Crippen LogP contribution in [0.25, 0.3) is 0 Å². The van der Waals surface area contributed by atoms with Crippen molar-refractivity contribution in [2.75, 3.05) is 32.1 Å². The van der Waals surface area contributed by atoms with Crippen molar-refractivity contribution in [3.63, 3.8) is 0 Å². The first-order chi connectivity index (χ1) is 8.81. The molecule has 0 atom stereocenters. The molecule has 0 aliphatic heterocycles. The summed E-state index contributed by atoms with van der Waals surface area (Å²) in [5.41, 5.74) is 8.02. The molecule has 0 heterocycles. The number of para-hydroxylation sites is 1. The van der Waals surface area contributed by atoms with Gasteiger partial charge in [-0.1, -0.05) is 18.2 Å². The van der Waals surface area contributed by atoms with Gasteiger partial charge in [0.05, 0.1) is 19.8 Å². The Balaban J connectivity index is 1.84. The molecule has 4 nitrogen and oxygen atoms in total. The standard InChI is InChI=1S/C14H22N2O2/c15-14-4-2-1-3-12(14)11-16(13-5-6-13)7-9-18-10-8-17/h1-4,13,17H,5-11,15H2. The molecule has 0 saturated heterocycles. The van der Waals surface area contributed by atoms with E-state index in [1.807, 2.05) is 18.2 Å². The third-order valence-corrected chi connectivity index (χ3v) is 3.25. The fraction of sp³-hybridized carbons (Fsp3) is 0.571. The summed E-state index contributed by atoms with van der Waals surface area (Å²) in [5, 5.41) is 8.67. The summed E-state index contributed by atoms with van der Waals surface area (Å²) in [6.45, 7) is 2.98. The smallest absolute Gasteiger partial charge is 0.0698 e. The molecule has 1 fully saturated rings. The Morgan fingerprint density at radius 2 is 2.06 bits per heavy atom. The highest BCUT2D eigenvalue weighted by molar-refractivity contribution is 5.46. The number of benzene rings is 1. The van der Waals surface area contributed by atoms with Gasteiger partial charge in [0, 0.05) is 24.8 Å². The van der Waals surface area contributed by atoms with Crippen LogP contribution in [0.5, 0.6) is 0 Å². The molecule has 1 aromatic rings. The minimum absolute atomic E-state index is 0.0923. The third kappa shape index (κ3) is 3.98. The van der Waals surface area contributed by atoms with E-state index in [1.165, 1.54) is 18.4 Å². The normalized spacial score (nSPS) is 15.2. The highest BCUT2D eigenvalue weighted by Gasteiger charge is 2.28. The van der Waals surface area contributed by atoms with Crippen molar-refractivity contribution in [2.24, 2.45) is 0 Å². The second-order valence-electron chi connectivity index (χ2n) is 4.74. The van der Waals surface area contributed by atoms with Crippen LogP contribution in [0.4, 0.5) is 5.69 Å². The number of hydrogen-bond donors (Lipinski definition) is 2. The number of rotatable bonds is 8. The van der Waals surface area contributed by atoms with E-state index in [1.54, 1.807) is 0 Å². The van der Waals surface area contributed by atoms with Crippen LogP contribution in [0.1, 0.15) is 18.4 Å². The highest BCUT2D eigenvalue weighted by atomic mass is 16.5. The zero-order valence-electron chi connectivity index (χ0n) is 10.7. The van der Waals surface area contributed by atoms with Crippen molar-refractivity contribution in [1.29, 1.82) is 0 Å². The number of hydrogen-bond acceptors (Lipinski definition) is 4. The van der Waals surface area contributed by atoms with Gasteiger partial charge < -0.3 is 15.6 Å². The molecule has 1 saturated carbocycles. The molecular weight excluding hydrogens is 228 g/mol. The molecule has 1 aliphatic rings. The molecule has 100 valence electrons. The summed E-state index contributed by atoms with van der Waals surface area (Å²) < 4.78 is 5.34. The topological polar surface area (TPSA) is 58.7 Å². The van der Waals surface area contributed by atoms with Crippen LogP contribution in [0.15, 0.2) is 24.3 Å². The quantitative estimate of drug-likeness (QED) is 0.538. The lowest BCUT2D eigenvalue weighted by atomic mass is 10.1. The fourth-order valence-electron chi connectivity index (χ4n) is 2.08. The molecule has 0 bridgehead atoms. The Labute approximate surface area is 108 Å². The maximum Gasteiger partial charge on any atom is 0.0698 e. The molecular formula is C14H22N2O2. The van der Waals surface area contributed by atoms with Crippen LogP contribution < -0.4 is 5.73 Å². The largest absolute Gasteiger partial charge is 0.398 e. The molecule has 2 rings (SSSR count). The molecule has 0 amide bonds. The van der Waals surface area contributed by atoms with Gasteiger partial charge in [-0.2, -0.15) is 0 Å². The predicted octanol–water partition coefficient (Wildman–Crippen LogP) is 1.24. The first-order valence-corrected chi connectivity index (χ1v) is 6.57. The Kier molecular flexibility index (Phi) is 4.99. The summed E-state index contributed by atoms with van der Waals surface area (Å²) in [5.74, 6) is 0. The van der Waals surface area contributed by atoms with Gasteiger partial charge in [-0.15, -0.1) is 0 Å². The lowest BCUT2D eigenvalue weighted by Gasteiger charge is -2.22. The molecule has 1 aromatic carbocycles. The van der Waals surface area contributed by atoms with E-state index < -0.39 is 0 Å². The SMILES string of the molecule is Nc1ccccc1CN(CCOCCO)C1CC1. The van der Waals surface area contributed by atoms with Gasteiger partial charge in [0.1, 0.15) is 0 Å². The molecule has 1 aliphatic carbocycles. The van der Waals surface area contributed by atoms with Crippen molar-refractivity contribution in [3.05, 3.63) is 29.8 Å². The van der Waals surface area contributed by atoms with E-state index in [4.69, 9.17) is 15.6 Å². The van der Waals surface area contributed by atoms with Crippen LogP contribution in [-0.2, 0) is 11.3 Å². The van der Waals surface area contributed by atoms with E-state index in [0.717, 1.165) is 18.8 Å². The number of ether oxygens (including phenoxy) is 1. The van der Waals surface area contributed by atoms with Crippen molar-refractivity contribution in [3.8, 4) is 0 Å². The molecule has 4 heteroatoms. The van der Waals surface area contributed by atoms with Gasteiger partial charge in [-0.05, 0) is 24.5 Å². The minimum atomic E-state index is 0.0923. The first kappa shape index (κ1) is 13.3. The summed E-state index contributed by atoms with van der Waals surface area (Å²) in [7, 11) is 0. The van der Waals surface area contributed by atoms with Crippen LogP contribution in [0.3, 0.4) is 0 Å². The van der Waals surface area contributed by atoms with Gasteiger partial charge >= 0.3 is 0 Å². The van der Waals surface area contributed by atoms with E-state index in [-0.39, 0.29) is 6.61 Å². The Hall–Kier alpha value is -1.10. The van der Waals surface area contributed by atoms with Crippen molar-refractivity contribution >= 4 is 5.69 Å². The fourth-order valence-corrected chi connectivity index (χ4v) is 2.08. The van der Waals surface area contributed by atoms with Gasteiger partial charge in [0.2, 0.25) is 0 Å². The number of aliphatic hydroxyl groups excluding tert-OH is 1. The van der Waals surface area contributed by atoms with Gasteiger partial charge in [0.15, 0.2) is 0 Å². The predicted molar refractivity (Wildman–Crippen MR) is 72.2 cm³/mol. The van der Waals surface area contributed by atoms with Crippen LogP contribution in [0.2, 0.25) is 0 Å². The lowest BCUT2D eigenvalue weighted by Crippen LogP contribution is -2.30. The van der Waals surface area contributed by atoms with E-state index in [2.05, 4.69) is 11.0 Å². The number of aliphatic hydroxyl groups is 1. The van der Waals surface area contributed by atoms with E-state index >= 15 is 0 Å². The van der Waals surface area contributed by atoms with Gasteiger partial charge in [-0.3, -0.25) is 4.90 Å². The second-order valence-corrected chi connectivity index (χ2v) is 4.74. The molecule has 3 N–H and O–H groups in total. The minimum Gasteiger partial charge on any atom is -0.398 e. The average Bonchev–Trinajstić information content (AvgIpc) is 3.20. The van der Waals surface area contributed by atoms with Crippen molar-refractivity contribution in [1.82, 2.24) is 4.90 Å². The lowest BCUT2D eigenvalue weighted by molar-refractivity contribution is 0.0702. The van der Waals surface area contributed by atoms with E-state index in [9.17, 15) is 0 Å². The average molecular weight is 250 g/mol. The second kappa shape index (κ2) is 6.73. The first-order valence-electron chi connectivity index (χ1n) is 6.57. The summed E-state index contributed by atoms with van der Waals surface area (Å²) in [4.78, 5) is 2.42. The van der Waals surface area contributed by atoms with Crippen LogP contribution in [0, 0.1) is 0 Å². The van der Waals surface area contributed by atoms with Gasteiger partial charge in [0.25, 0.3) is 0 Å². The number of anilines is 1. The Bertz CT molecular complexity index is 367. The summed E-state index contributed by atoms with van der Waals surface area (Å²) >= 11 is 0. The van der Waals surface area contributed by atoms with E-state index in [0.29, 0.717) is 19.3 Å². The monoisotopic (exact) mass is 250 g/mol. The highest BCUT2D eigenvalue weighted by Crippen LogP contribution is 2.28. The summed E-state index contributed by atoms with van der Waals surface area (Å²) in [6.07, 6.45) is 2.54. The van der Waals surface area contributed by atoms with Crippen molar-refractivity contribution in [2.45, 2.75) is 25.4 Å². The zero-order chi connectivity index (χ0) is 12.8. The van der Waals surface area contributed by atoms with Gasteiger partial charge in [-0.25, -0.2) is 0 Å². The maximum atomic E-state index is 8.67. The molecule has 0 unspecified atom stereocenters. The van der Waals surface area contributed by atoms with Crippen LogP contribution in [-0.4, -0.2) is 42.4 Å². The molecule has 0 radical (unpaired) electrons. The molecule has 18 heavy (non-hydrogen) atoms. The molecule has 0 spiro atoms. The number of nitrogen functional groups attached to an aromatic ring is 1. The van der Waals surface area contributed by atoms with Crippen LogP contribution >= 0.6 is 0 Å². The maximum absolute atomic E-state index is 8.67. The number of nitrogens with zero attached hydrogens (tertiary/aromatic N) is 1. The van der Waals surface area contributed by atoms with Crippen molar-refractivity contribution < 1.29 is 9.84 Å². The Morgan fingerprint density at radius 3 is 2.72 bits per heavy atom. The zero-order valence-corrected chi connectivity index (χ0v) is 10.7. The summed E-state index contributed by atoms with van der Waals surface area (Å²) in [6, 6.07) is 8.70. The number of nitrogens with two attached hydrogens (primary N) is 1. The molecule has 0 aromatic heterocycles. The third-order valence-electron chi connectivity index (χ3n) is 3.25. The Morgan fingerprint density at radius 1 is 1.28 bits per heavy atom.